The van der Waals surface area contributed by atoms with Crippen LogP contribution in [0.25, 0.3) is 11.0 Å². The summed E-state index contributed by atoms with van der Waals surface area (Å²) in [6.07, 6.45) is 4.38. The van der Waals surface area contributed by atoms with Crippen molar-refractivity contribution in [1.82, 2.24) is 14.9 Å². The van der Waals surface area contributed by atoms with Gasteiger partial charge in [0.2, 0.25) is 0 Å². The molecule has 0 bridgehead atoms. The zero-order chi connectivity index (χ0) is 11.0. The molecule has 1 aliphatic rings. The topological polar surface area (TPSA) is 29.9 Å². The number of fused-ring (bicyclic) bond motifs is 1. The Bertz CT molecular complexity index is 495. The van der Waals surface area contributed by atoms with E-state index >= 15 is 0 Å². The lowest BCUT2D eigenvalue weighted by atomic mass is 9.89. The number of nitrogens with zero attached hydrogens (tertiary/aromatic N) is 2. The molecule has 1 aromatic carbocycles. The number of para-hydroxylation sites is 1. The van der Waals surface area contributed by atoms with Crippen LogP contribution < -0.4 is 5.32 Å². The standard InChI is InChI=1S/C13H17N3/c1-16-9-15-13-11(3-2-4-12(13)16)10-5-7-14-8-6-10/h2-4,9-10,14H,5-8H2,1H3. The van der Waals surface area contributed by atoms with E-state index in [2.05, 4.69) is 40.1 Å². The number of hydrogen-bond acceptors (Lipinski definition) is 2. The van der Waals surface area contributed by atoms with Crippen LogP contribution in [0.4, 0.5) is 0 Å². The molecular formula is C13H17N3. The zero-order valence-electron chi connectivity index (χ0n) is 9.61. The van der Waals surface area contributed by atoms with Gasteiger partial charge in [0, 0.05) is 7.05 Å². The monoisotopic (exact) mass is 215 g/mol. The van der Waals surface area contributed by atoms with Gasteiger partial charge >= 0.3 is 0 Å². The minimum atomic E-state index is 0.680. The van der Waals surface area contributed by atoms with Gasteiger partial charge in [-0.1, -0.05) is 12.1 Å². The van der Waals surface area contributed by atoms with Gasteiger partial charge in [-0.15, -0.1) is 0 Å². The van der Waals surface area contributed by atoms with Crippen LogP contribution in [-0.2, 0) is 7.05 Å². The molecule has 1 fully saturated rings. The van der Waals surface area contributed by atoms with E-state index in [1.165, 1.54) is 29.4 Å². The Morgan fingerprint density at radius 2 is 2.12 bits per heavy atom. The van der Waals surface area contributed by atoms with Gasteiger partial charge in [0.05, 0.1) is 17.4 Å². The number of benzene rings is 1. The Morgan fingerprint density at radius 1 is 1.31 bits per heavy atom. The van der Waals surface area contributed by atoms with Crippen LogP contribution >= 0.6 is 0 Å². The van der Waals surface area contributed by atoms with Crippen LogP contribution in [0, 0.1) is 0 Å². The predicted molar refractivity (Wildman–Crippen MR) is 65.6 cm³/mol. The van der Waals surface area contributed by atoms with Crippen LogP contribution in [0.5, 0.6) is 0 Å². The van der Waals surface area contributed by atoms with E-state index in [-0.39, 0.29) is 0 Å². The Kier molecular flexibility index (Phi) is 2.40. The second-order valence-electron chi connectivity index (χ2n) is 4.59. The van der Waals surface area contributed by atoms with Crippen LogP contribution in [0.15, 0.2) is 24.5 Å². The van der Waals surface area contributed by atoms with E-state index in [9.17, 15) is 0 Å². The maximum atomic E-state index is 4.54. The highest BCUT2D eigenvalue weighted by molar-refractivity contribution is 5.79. The van der Waals surface area contributed by atoms with E-state index in [4.69, 9.17) is 0 Å². The van der Waals surface area contributed by atoms with Crippen molar-refractivity contribution in [1.29, 1.82) is 0 Å². The summed E-state index contributed by atoms with van der Waals surface area (Å²) in [6.45, 7) is 2.27. The van der Waals surface area contributed by atoms with Gasteiger partial charge < -0.3 is 9.88 Å². The lowest BCUT2D eigenvalue weighted by molar-refractivity contribution is 0.462. The highest BCUT2D eigenvalue weighted by atomic mass is 15.0. The lowest BCUT2D eigenvalue weighted by Gasteiger charge is -2.23. The summed E-state index contributed by atoms with van der Waals surface area (Å²) in [7, 11) is 2.06. The molecule has 0 atom stereocenters. The molecule has 1 N–H and O–H groups in total. The molecular weight excluding hydrogens is 198 g/mol. The number of aryl methyl sites for hydroxylation is 1. The summed E-state index contributed by atoms with van der Waals surface area (Å²) in [5.41, 5.74) is 3.87. The van der Waals surface area contributed by atoms with Crippen molar-refractivity contribution in [2.75, 3.05) is 13.1 Å². The zero-order valence-corrected chi connectivity index (χ0v) is 9.61. The van der Waals surface area contributed by atoms with Gasteiger partial charge in [-0.3, -0.25) is 0 Å². The van der Waals surface area contributed by atoms with E-state index in [0.29, 0.717) is 5.92 Å². The molecule has 0 unspecified atom stereocenters. The first kappa shape index (κ1) is 9.85. The summed E-state index contributed by atoms with van der Waals surface area (Å²) in [4.78, 5) is 4.54. The average molecular weight is 215 g/mol. The van der Waals surface area contributed by atoms with E-state index in [1.807, 2.05) is 6.33 Å². The first-order valence-corrected chi connectivity index (χ1v) is 5.97. The fourth-order valence-electron chi connectivity index (χ4n) is 2.64. The molecule has 1 saturated heterocycles. The largest absolute Gasteiger partial charge is 0.334 e. The molecule has 84 valence electrons. The lowest BCUT2D eigenvalue weighted by Crippen LogP contribution is -2.26. The molecule has 1 aromatic heterocycles. The van der Waals surface area contributed by atoms with Crippen LogP contribution in [0.3, 0.4) is 0 Å². The Morgan fingerprint density at radius 3 is 2.94 bits per heavy atom. The SMILES string of the molecule is Cn1cnc2c(C3CCNCC3)cccc21. The van der Waals surface area contributed by atoms with Gasteiger partial charge in [-0.05, 0) is 43.5 Å². The molecule has 3 nitrogen and oxygen atoms in total. The summed E-state index contributed by atoms with van der Waals surface area (Å²) in [6, 6.07) is 6.54. The third-order valence-electron chi connectivity index (χ3n) is 3.56. The average Bonchev–Trinajstić information content (AvgIpc) is 2.73. The highest BCUT2D eigenvalue weighted by Crippen LogP contribution is 2.30. The van der Waals surface area contributed by atoms with Crippen LogP contribution in [-0.4, -0.2) is 22.6 Å². The molecule has 1 aliphatic heterocycles. The summed E-state index contributed by atoms with van der Waals surface area (Å²) in [5.74, 6) is 0.680. The molecule has 3 heteroatoms. The van der Waals surface area contributed by atoms with Crippen molar-refractivity contribution in [2.24, 2.45) is 7.05 Å². The molecule has 0 amide bonds. The fourth-order valence-corrected chi connectivity index (χ4v) is 2.64. The molecule has 2 heterocycles. The normalized spacial score (nSPS) is 18.1. The van der Waals surface area contributed by atoms with Gasteiger partial charge in [0.1, 0.15) is 0 Å². The van der Waals surface area contributed by atoms with Crippen molar-refractivity contribution in [3.05, 3.63) is 30.1 Å². The molecule has 2 aromatic rings. The van der Waals surface area contributed by atoms with Crippen LogP contribution in [0.1, 0.15) is 24.3 Å². The van der Waals surface area contributed by atoms with Crippen molar-refractivity contribution in [2.45, 2.75) is 18.8 Å². The smallest absolute Gasteiger partial charge is 0.0955 e. The fraction of sp³-hybridized carbons (Fsp3) is 0.462. The molecule has 0 aliphatic carbocycles. The summed E-state index contributed by atoms with van der Waals surface area (Å²) < 4.78 is 2.10. The van der Waals surface area contributed by atoms with Crippen molar-refractivity contribution >= 4 is 11.0 Å². The number of imidazole rings is 1. The molecule has 0 radical (unpaired) electrons. The first-order chi connectivity index (χ1) is 7.86. The summed E-state index contributed by atoms with van der Waals surface area (Å²) in [5, 5.41) is 3.41. The maximum Gasteiger partial charge on any atom is 0.0955 e. The number of aromatic nitrogens is 2. The quantitative estimate of drug-likeness (QED) is 0.789. The third-order valence-corrected chi connectivity index (χ3v) is 3.56. The predicted octanol–water partition coefficient (Wildman–Crippen LogP) is 2.04. The van der Waals surface area contributed by atoms with Gasteiger partial charge in [0.15, 0.2) is 0 Å². The second kappa shape index (κ2) is 3.91. The number of rotatable bonds is 1. The minimum absolute atomic E-state index is 0.680. The molecule has 0 saturated carbocycles. The second-order valence-corrected chi connectivity index (χ2v) is 4.59. The van der Waals surface area contributed by atoms with Crippen molar-refractivity contribution < 1.29 is 0 Å². The molecule has 0 spiro atoms. The number of nitrogens with one attached hydrogen (secondary N) is 1. The summed E-state index contributed by atoms with van der Waals surface area (Å²) >= 11 is 0. The third kappa shape index (κ3) is 1.52. The van der Waals surface area contributed by atoms with E-state index < -0.39 is 0 Å². The van der Waals surface area contributed by atoms with E-state index in [0.717, 1.165) is 13.1 Å². The van der Waals surface area contributed by atoms with Gasteiger partial charge in [-0.25, -0.2) is 4.98 Å². The van der Waals surface area contributed by atoms with Crippen molar-refractivity contribution in [3.63, 3.8) is 0 Å². The van der Waals surface area contributed by atoms with Gasteiger partial charge in [0.25, 0.3) is 0 Å². The molecule has 16 heavy (non-hydrogen) atoms. The van der Waals surface area contributed by atoms with Crippen LogP contribution in [0.2, 0.25) is 0 Å². The Balaban J connectivity index is 2.08. The number of piperidine rings is 1. The minimum Gasteiger partial charge on any atom is -0.334 e. The number of hydrogen-bond donors (Lipinski definition) is 1. The van der Waals surface area contributed by atoms with Gasteiger partial charge in [-0.2, -0.15) is 0 Å². The van der Waals surface area contributed by atoms with E-state index in [1.54, 1.807) is 0 Å². The Labute approximate surface area is 95.5 Å². The van der Waals surface area contributed by atoms with Crippen molar-refractivity contribution in [3.8, 4) is 0 Å². The maximum absolute atomic E-state index is 4.54. The highest BCUT2D eigenvalue weighted by Gasteiger charge is 2.18. The Hall–Kier alpha value is -1.35. The first-order valence-electron chi connectivity index (χ1n) is 5.97. The molecule has 3 rings (SSSR count).